The molecule has 1 rings (SSSR count). The van der Waals surface area contributed by atoms with E-state index in [9.17, 15) is 14.9 Å². The fraction of sp³-hybridized carbons (Fsp3) is 0.300. The van der Waals surface area contributed by atoms with E-state index < -0.39 is 11.0 Å². The van der Waals surface area contributed by atoms with E-state index in [0.717, 1.165) is 0 Å². The molecule has 0 aliphatic rings. The third-order valence-corrected chi connectivity index (χ3v) is 2.46. The van der Waals surface area contributed by atoms with Crippen LogP contribution >= 0.6 is 11.6 Å². The van der Waals surface area contributed by atoms with Crippen LogP contribution in [0.25, 0.3) is 0 Å². The van der Waals surface area contributed by atoms with Gasteiger partial charge >= 0.3 is 0 Å². The number of nitrogens with one attached hydrogen (secondary N) is 1. The van der Waals surface area contributed by atoms with Gasteiger partial charge in [-0.25, -0.2) is 0 Å². The minimum absolute atomic E-state index is 0.107. The lowest BCUT2D eigenvalue weighted by atomic mass is 10.2. The van der Waals surface area contributed by atoms with Crippen LogP contribution in [-0.2, 0) is 9.53 Å². The Labute approximate surface area is 103 Å². The number of anilines is 1. The molecule has 1 aromatic carbocycles. The minimum atomic E-state index is -0.624. The topological polar surface area (TPSA) is 81.5 Å². The zero-order chi connectivity index (χ0) is 13.0. The second-order valence-corrected chi connectivity index (χ2v) is 3.70. The molecule has 1 aromatic rings. The molecule has 1 unspecified atom stereocenters. The Morgan fingerprint density at radius 3 is 2.71 bits per heavy atom. The highest BCUT2D eigenvalue weighted by Crippen LogP contribution is 2.26. The summed E-state index contributed by atoms with van der Waals surface area (Å²) < 4.78 is 4.82. The molecule has 0 saturated carbocycles. The maximum Gasteiger partial charge on any atom is 0.271 e. The zero-order valence-electron chi connectivity index (χ0n) is 9.27. The van der Waals surface area contributed by atoms with Crippen molar-refractivity contribution in [2.75, 3.05) is 12.4 Å². The number of hydrogen-bond acceptors (Lipinski definition) is 4. The molecule has 92 valence electrons. The highest BCUT2D eigenvalue weighted by Gasteiger charge is 2.15. The molecule has 7 heteroatoms. The van der Waals surface area contributed by atoms with Crippen LogP contribution < -0.4 is 5.32 Å². The van der Waals surface area contributed by atoms with Gasteiger partial charge in [-0.05, 0) is 13.0 Å². The fourth-order valence-electron chi connectivity index (χ4n) is 1.06. The number of ether oxygens (including phenoxy) is 1. The SMILES string of the molecule is COC(C)C(=O)Nc1ccc([N+](=O)[O-])cc1Cl. The Morgan fingerprint density at radius 2 is 2.24 bits per heavy atom. The first-order valence-corrected chi connectivity index (χ1v) is 5.11. The van der Waals surface area contributed by atoms with Gasteiger partial charge < -0.3 is 10.1 Å². The van der Waals surface area contributed by atoms with Crippen molar-refractivity contribution >= 4 is 28.9 Å². The van der Waals surface area contributed by atoms with Crippen LogP contribution in [0.15, 0.2) is 18.2 Å². The number of hydrogen-bond donors (Lipinski definition) is 1. The van der Waals surface area contributed by atoms with E-state index in [0.29, 0.717) is 5.69 Å². The zero-order valence-corrected chi connectivity index (χ0v) is 10.0. The monoisotopic (exact) mass is 258 g/mol. The van der Waals surface area contributed by atoms with Gasteiger partial charge in [0.1, 0.15) is 6.10 Å². The number of nitro benzene ring substituents is 1. The van der Waals surface area contributed by atoms with Crippen LogP contribution in [0.5, 0.6) is 0 Å². The van der Waals surface area contributed by atoms with E-state index in [4.69, 9.17) is 16.3 Å². The number of non-ortho nitro benzene ring substituents is 1. The van der Waals surface area contributed by atoms with Gasteiger partial charge in [0.05, 0.1) is 15.6 Å². The van der Waals surface area contributed by atoms with Crippen LogP contribution in [0.2, 0.25) is 5.02 Å². The maximum absolute atomic E-state index is 11.5. The summed E-state index contributed by atoms with van der Waals surface area (Å²) >= 11 is 5.81. The van der Waals surface area contributed by atoms with Gasteiger partial charge in [0.2, 0.25) is 0 Å². The van der Waals surface area contributed by atoms with Gasteiger partial charge in [0.25, 0.3) is 11.6 Å². The molecular formula is C10H11ClN2O4. The molecule has 1 atom stereocenters. The molecule has 0 fully saturated rings. The number of carbonyl (C=O) groups excluding carboxylic acids is 1. The van der Waals surface area contributed by atoms with Crippen molar-refractivity contribution in [1.29, 1.82) is 0 Å². The number of nitro groups is 1. The van der Waals surface area contributed by atoms with E-state index in [1.165, 1.54) is 25.3 Å². The lowest BCUT2D eigenvalue weighted by Crippen LogP contribution is -2.26. The summed E-state index contributed by atoms with van der Waals surface area (Å²) in [5.41, 5.74) is 0.180. The van der Waals surface area contributed by atoms with Crippen molar-refractivity contribution in [2.45, 2.75) is 13.0 Å². The quantitative estimate of drug-likeness (QED) is 0.663. The molecule has 0 heterocycles. The molecule has 0 saturated heterocycles. The maximum atomic E-state index is 11.5. The van der Waals surface area contributed by atoms with Crippen molar-refractivity contribution in [2.24, 2.45) is 0 Å². The summed E-state index contributed by atoms with van der Waals surface area (Å²) in [5, 5.41) is 13.1. The standard InChI is InChI=1S/C10H11ClN2O4/c1-6(17-2)10(14)12-9-4-3-7(13(15)16)5-8(9)11/h3-6H,1-2H3,(H,12,14). The summed E-state index contributed by atoms with van der Waals surface area (Å²) in [5.74, 6) is -0.372. The largest absolute Gasteiger partial charge is 0.372 e. The number of amides is 1. The molecular weight excluding hydrogens is 248 g/mol. The second kappa shape index (κ2) is 5.60. The summed E-state index contributed by atoms with van der Waals surface area (Å²) in [7, 11) is 1.40. The third kappa shape index (κ3) is 3.40. The average molecular weight is 259 g/mol. The van der Waals surface area contributed by atoms with Crippen molar-refractivity contribution in [3.05, 3.63) is 33.3 Å². The molecule has 17 heavy (non-hydrogen) atoms. The molecule has 0 aromatic heterocycles. The normalized spacial score (nSPS) is 11.9. The lowest BCUT2D eigenvalue weighted by Gasteiger charge is -2.11. The number of methoxy groups -OCH3 is 1. The van der Waals surface area contributed by atoms with E-state index in [1.807, 2.05) is 0 Å². The van der Waals surface area contributed by atoms with E-state index in [1.54, 1.807) is 6.92 Å². The Morgan fingerprint density at radius 1 is 1.59 bits per heavy atom. The molecule has 6 nitrogen and oxygen atoms in total. The highest BCUT2D eigenvalue weighted by molar-refractivity contribution is 6.34. The Kier molecular flexibility index (Phi) is 4.42. The van der Waals surface area contributed by atoms with Crippen LogP contribution in [0.3, 0.4) is 0 Å². The molecule has 0 aliphatic heterocycles. The van der Waals surface area contributed by atoms with Crippen molar-refractivity contribution in [1.82, 2.24) is 0 Å². The van der Waals surface area contributed by atoms with Crippen molar-refractivity contribution < 1.29 is 14.5 Å². The molecule has 0 spiro atoms. The number of halogens is 1. The number of benzene rings is 1. The van der Waals surface area contributed by atoms with E-state index >= 15 is 0 Å². The summed E-state index contributed by atoms with van der Waals surface area (Å²) in [6.45, 7) is 1.58. The summed E-state index contributed by atoms with van der Waals surface area (Å²) in [6, 6.07) is 3.81. The Bertz CT molecular complexity index is 450. The third-order valence-electron chi connectivity index (χ3n) is 2.14. The predicted octanol–water partition coefficient (Wildman–Crippen LogP) is 2.22. The molecule has 0 radical (unpaired) electrons. The number of carbonyl (C=O) groups is 1. The van der Waals surface area contributed by atoms with Gasteiger partial charge in [-0.15, -0.1) is 0 Å². The smallest absolute Gasteiger partial charge is 0.271 e. The Balaban J connectivity index is 2.86. The second-order valence-electron chi connectivity index (χ2n) is 3.29. The van der Waals surface area contributed by atoms with Gasteiger partial charge in [0, 0.05) is 19.2 Å². The van der Waals surface area contributed by atoms with Crippen LogP contribution in [0, 0.1) is 10.1 Å². The van der Waals surface area contributed by atoms with Gasteiger partial charge in [-0.3, -0.25) is 14.9 Å². The molecule has 1 N–H and O–H groups in total. The van der Waals surface area contributed by atoms with Gasteiger partial charge in [0.15, 0.2) is 0 Å². The van der Waals surface area contributed by atoms with Crippen molar-refractivity contribution in [3.63, 3.8) is 0 Å². The van der Waals surface area contributed by atoms with Crippen molar-refractivity contribution in [3.8, 4) is 0 Å². The predicted molar refractivity (Wildman–Crippen MR) is 63.2 cm³/mol. The summed E-state index contributed by atoms with van der Waals surface area (Å²) in [6.07, 6.45) is -0.624. The van der Waals surface area contributed by atoms with Gasteiger partial charge in [-0.1, -0.05) is 11.6 Å². The Hall–Kier alpha value is -1.66. The van der Waals surface area contributed by atoms with Gasteiger partial charge in [-0.2, -0.15) is 0 Å². The minimum Gasteiger partial charge on any atom is -0.372 e. The van der Waals surface area contributed by atoms with E-state index in [2.05, 4.69) is 5.32 Å². The highest BCUT2D eigenvalue weighted by atomic mass is 35.5. The van der Waals surface area contributed by atoms with E-state index in [-0.39, 0.29) is 16.6 Å². The number of nitrogens with zero attached hydrogens (tertiary/aromatic N) is 1. The average Bonchev–Trinajstić information content (AvgIpc) is 2.30. The first-order chi connectivity index (χ1) is 7.95. The molecule has 0 aliphatic carbocycles. The fourth-order valence-corrected chi connectivity index (χ4v) is 1.28. The summed E-state index contributed by atoms with van der Waals surface area (Å²) in [4.78, 5) is 21.4. The van der Waals surface area contributed by atoms with Crippen LogP contribution in [0.4, 0.5) is 11.4 Å². The van der Waals surface area contributed by atoms with Crippen LogP contribution in [-0.4, -0.2) is 24.0 Å². The lowest BCUT2D eigenvalue weighted by molar-refractivity contribution is -0.384. The molecule has 0 bridgehead atoms. The first kappa shape index (κ1) is 13.4. The number of rotatable bonds is 4. The molecule has 1 amide bonds. The van der Waals surface area contributed by atoms with Crippen LogP contribution in [0.1, 0.15) is 6.92 Å². The first-order valence-electron chi connectivity index (χ1n) is 4.73.